The Morgan fingerprint density at radius 2 is 1.85 bits per heavy atom. The molecule has 2 aromatic rings. The molecule has 5 N–H and O–H groups in total. The zero-order chi connectivity index (χ0) is 23.8. The van der Waals surface area contributed by atoms with Gasteiger partial charge in [-0.3, -0.25) is 4.79 Å². The Hall–Kier alpha value is -2.06. The van der Waals surface area contributed by atoms with E-state index in [1.54, 1.807) is 17.8 Å². The molecule has 33 heavy (non-hydrogen) atoms. The average Bonchev–Trinajstić information content (AvgIpc) is 2.80. The van der Waals surface area contributed by atoms with Crippen LogP contribution in [0.1, 0.15) is 58.8 Å². The van der Waals surface area contributed by atoms with E-state index in [0.717, 1.165) is 36.0 Å². The minimum atomic E-state index is -0.467. The first kappa shape index (κ1) is 25.6. The van der Waals surface area contributed by atoms with Gasteiger partial charge in [0.25, 0.3) is 0 Å². The first-order valence-corrected chi connectivity index (χ1v) is 12.6. The van der Waals surface area contributed by atoms with Crippen molar-refractivity contribution >= 4 is 17.7 Å². The van der Waals surface area contributed by atoms with E-state index in [1.807, 2.05) is 13.0 Å². The van der Waals surface area contributed by atoms with Crippen molar-refractivity contribution in [1.29, 1.82) is 0 Å². The van der Waals surface area contributed by atoms with Crippen molar-refractivity contribution in [2.24, 2.45) is 0 Å². The lowest BCUT2D eigenvalue weighted by Crippen LogP contribution is -2.26. The number of aliphatic hydroxyl groups is 3. The van der Waals surface area contributed by atoms with Crippen molar-refractivity contribution in [3.8, 4) is 5.75 Å². The van der Waals surface area contributed by atoms with Gasteiger partial charge in [0.15, 0.2) is 0 Å². The number of carbonyl (C=O) groups excluding carboxylic acids is 1. The van der Waals surface area contributed by atoms with Crippen molar-refractivity contribution in [3.05, 3.63) is 64.2 Å². The van der Waals surface area contributed by atoms with Gasteiger partial charge in [0, 0.05) is 29.0 Å². The Labute approximate surface area is 200 Å². The summed E-state index contributed by atoms with van der Waals surface area (Å²) in [5, 5.41) is 41.7. The first-order chi connectivity index (χ1) is 15.9. The van der Waals surface area contributed by atoms with Gasteiger partial charge in [0.2, 0.25) is 5.91 Å². The summed E-state index contributed by atoms with van der Waals surface area (Å²) >= 11 is 1.63. The molecule has 0 radical (unpaired) electrons. The number of thioether (sulfide) groups is 1. The molecule has 0 aliphatic carbocycles. The highest BCUT2D eigenvalue weighted by atomic mass is 32.2. The number of aromatic hydroxyl groups is 1. The number of phenolic OH excluding ortho intramolecular Hbond substituents is 1. The van der Waals surface area contributed by atoms with Gasteiger partial charge in [-0.25, -0.2) is 0 Å². The maximum absolute atomic E-state index is 11.6. The van der Waals surface area contributed by atoms with Crippen LogP contribution in [0.25, 0.3) is 0 Å². The molecule has 7 heteroatoms. The molecule has 1 saturated heterocycles. The quantitative estimate of drug-likeness (QED) is 0.363. The van der Waals surface area contributed by atoms with Crippen LogP contribution in [-0.2, 0) is 17.6 Å². The zero-order valence-corrected chi connectivity index (χ0v) is 20.0. The smallest absolute Gasteiger partial charge is 0.220 e. The van der Waals surface area contributed by atoms with Gasteiger partial charge in [-0.1, -0.05) is 30.3 Å². The highest BCUT2D eigenvalue weighted by Crippen LogP contribution is 2.46. The van der Waals surface area contributed by atoms with Crippen LogP contribution in [0.4, 0.5) is 0 Å². The molecule has 3 atom stereocenters. The van der Waals surface area contributed by atoms with Crippen molar-refractivity contribution in [1.82, 2.24) is 5.32 Å². The maximum Gasteiger partial charge on any atom is 0.220 e. The third-order valence-corrected chi connectivity index (χ3v) is 7.64. The molecular weight excluding hydrogens is 438 g/mol. The maximum atomic E-state index is 11.6. The molecule has 1 fully saturated rings. The van der Waals surface area contributed by atoms with E-state index in [9.17, 15) is 20.1 Å². The fourth-order valence-corrected chi connectivity index (χ4v) is 5.85. The standard InChI is InChI=1S/C26H35NO5S/c1-17-11-24(31)23(25-15-21(30)14-22(16-29)33-25)13-20(17)12-19-7-5-18(6-8-19)3-2-4-26(32)27-9-10-28/h5-8,11,13,21-22,25,28-31H,2-4,9-10,12,14-16H2,1H3,(H,27,32). The molecule has 3 rings (SSSR count). The molecule has 0 saturated carbocycles. The lowest BCUT2D eigenvalue weighted by molar-refractivity contribution is -0.121. The molecule has 0 bridgehead atoms. The summed E-state index contributed by atoms with van der Waals surface area (Å²) in [6.07, 6.45) is 3.46. The summed E-state index contributed by atoms with van der Waals surface area (Å²) in [5.74, 6) is 0.214. The molecule has 1 amide bonds. The predicted octanol–water partition coefficient (Wildman–Crippen LogP) is 3.01. The van der Waals surface area contributed by atoms with Gasteiger partial charge in [-0.05, 0) is 67.3 Å². The second-order valence-corrected chi connectivity index (χ2v) is 10.3. The molecule has 0 spiro atoms. The third kappa shape index (κ3) is 7.47. The summed E-state index contributed by atoms with van der Waals surface area (Å²) < 4.78 is 0. The summed E-state index contributed by atoms with van der Waals surface area (Å²) in [6.45, 7) is 2.28. The number of amides is 1. The molecular formula is C26H35NO5S. The second kappa shape index (κ2) is 12.4. The Kier molecular flexibility index (Phi) is 9.62. The zero-order valence-electron chi connectivity index (χ0n) is 19.2. The summed E-state index contributed by atoms with van der Waals surface area (Å²) in [7, 11) is 0. The molecule has 3 unspecified atom stereocenters. The van der Waals surface area contributed by atoms with Crippen molar-refractivity contribution in [3.63, 3.8) is 0 Å². The molecule has 2 aromatic carbocycles. The summed E-state index contributed by atoms with van der Waals surface area (Å²) in [4.78, 5) is 11.6. The predicted molar refractivity (Wildman–Crippen MR) is 132 cm³/mol. The van der Waals surface area contributed by atoms with Crippen molar-refractivity contribution in [2.45, 2.75) is 62.1 Å². The Morgan fingerprint density at radius 1 is 1.12 bits per heavy atom. The lowest BCUT2D eigenvalue weighted by Gasteiger charge is -2.32. The molecule has 1 heterocycles. The number of aliphatic hydroxyl groups excluding tert-OH is 3. The van der Waals surface area contributed by atoms with Crippen LogP contribution in [0.3, 0.4) is 0 Å². The largest absolute Gasteiger partial charge is 0.508 e. The molecule has 180 valence electrons. The Morgan fingerprint density at radius 3 is 2.55 bits per heavy atom. The van der Waals surface area contributed by atoms with E-state index in [-0.39, 0.29) is 35.4 Å². The van der Waals surface area contributed by atoms with Crippen LogP contribution in [0.5, 0.6) is 5.75 Å². The van der Waals surface area contributed by atoms with Crippen LogP contribution < -0.4 is 5.32 Å². The van der Waals surface area contributed by atoms with Crippen LogP contribution in [0.15, 0.2) is 36.4 Å². The number of benzene rings is 2. The number of carbonyl (C=O) groups is 1. The van der Waals surface area contributed by atoms with Gasteiger partial charge in [-0.2, -0.15) is 0 Å². The lowest BCUT2D eigenvalue weighted by atomic mass is 9.93. The van der Waals surface area contributed by atoms with E-state index >= 15 is 0 Å². The number of phenols is 1. The number of hydrogen-bond acceptors (Lipinski definition) is 6. The Balaban J connectivity index is 1.63. The van der Waals surface area contributed by atoms with E-state index in [0.29, 0.717) is 25.8 Å². The van der Waals surface area contributed by atoms with Crippen LogP contribution in [0, 0.1) is 6.92 Å². The van der Waals surface area contributed by atoms with Gasteiger partial charge in [0.05, 0.1) is 19.3 Å². The SMILES string of the molecule is Cc1cc(O)c(C2CC(O)CC(CO)S2)cc1Cc1ccc(CCCC(=O)NCCO)cc1. The summed E-state index contributed by atoms with van der Waals surface area (Å²) in [5.41, 5.74) is 5.34. The average molecular weight is 474 g/mol. The fourth-order valence-electron chi connectivity index (χ4n) is 4.29. The number of nitrogens with one attached hydrogen (secondary N) is 1. The molecule has 1 aliphatic rings. The van der Waals surface area contributed by atoms with Gasteiger partial charge >= 0.3 is 0 Å². The molecule has 1 aliphatic heterocycles. The normalized spacial score (nSPS) is 20.5. The molecule has 0 aromatic heterocycles. The second-order valence-electron chi connectivity index (χ2n) is 8.81. The Bertz CT molecular complexity index is 918. The highest BCUT2D eigenvalue weighted by molar-refractivity contribution is 8.00. The van der Waals surface area contributed by atoms with Gasteiger partial charge in [0.1, 0.15) is 5.75 Å². The van der Waals surface area contributed by atoms with Crippen LogP contribution >= 0.6 is 11.8 Å². The van der Waals surface area contributed by atoms with Crippen LogP contribution in [-0.4, -0.2) is 57.4 Å². The van der Waals surface area contributed by atoms with E-state index in [2.05, 4.69) is 29.6 Å². The minimum absolute atomic E-state index is 0.0174. The monoisotopic (exact) mass is 473 g/mol. The van der Waals surface area contributed by atoms with E-state index in [1.165, 1.54) is 11.1 Å². The number of rotatable bonds is 10. The van der Waals surface area contributed by atoms with E-state index < -0.39 is 6.10 Å². The highest BCUT2D eigenvalue weighted by Gasteiger charge is 2.30. The third-order valence-electron chi connectivity index (χ3n) is 6.13. The topological polar surface area (TPSA) is 110 Å². The van der Waals surface area contributed by atoms with E-state index in [4.69, 9.17) is 5.11 Å². The van der Waals surface area contributed by atoms with Crippen molar-refractivity contribution in [2.75, 3.05) is 19.8 Å². The van der Waals surface area contributed by atoms with Crippen molar-refractivity contribution < 1.29 is 25.2 Å². The summed E-state index contributed by atoms with van der Waals surface area (Å²) in [6, 6.07) is 12.2. The number of hydrogen-bond donors (Lipinski definition) is 5. The molecule has 6 nitrogen and oxygen atoms in total. The van der Waals surface area contributed by atoms with Gasteiger partial charge in [-0.15, -0.1) is 11.8 Å². The first-order valence-electron chi connectivity index (χ1n) is 11.6. The fraction of sp³-hybridized carbons (Fsp3) is 0.500. The van der Waals surface area contributed by atoms with Crippen LogP contribution in [0.2, 0.25) is 0 Å². The van der Waals surface area contributed by atoms with Gasteiger partial charge < -0.3 is 25.7 Å². The minimum Gasteiger partial charge on any atom is -0.508 e. The number of aryl methyl sites for hydroxylation is 2.